The summed E-state index contributed by atoms with van der Waals surface area (Å²) in [6, 6.07) is 6.49. The Labute approximate surface area is 147 Å². The summed E-state index contributed by atoms with van der Waals surface area (Å²) in [6.07, 6.45) is 12.7. The van der Waals surface area contributed by atoms with Crippen LogP contribution in [0.2, 0.25) is 0 Å². The Morgan fingerprint density at radius 1 is 1.16 bits per heavy atom. The molecule has 0 aromatic carbocycles. The van der Waals surface area contributed by atoms with Crippen LogP contribution in [0.1, 0.15) is 43.2 Å². The standard InChI is InChI=1S/C19H23N5O/c1-23(12-17-11-21-14-24(17)16-4-2-3-5-16)13-18-10-19(22-25-18)15-6-8-20-9-7-15/h6-11,14,16H,2-5,12-13H2,1H3. The Bertz CT molecular complexity index is 804. The van der Waals surface area contributed by atoms with E-state index >= 15 is 0 Å². The van der Waals surface area contributed by atoms with Crippen LogP contribution < -0.4 is 0 Å². The number of nitrogens with zero attached hydrogens (tertiary/aromatic N) is 5. The summed E-state index contributed by atoms with van der Waals surface area (Å²) in [5.74, 6) is 0.862. The number of aromatic nitrogens is 4. The van der Waals surface area contributed by atoms with Crippen LogP contribution in [0.15, 0.2) is 47.6 Å². The normalized spacial score (nSPS) is 15.3. The molecule has 3 aromatic rings. The van der Waals surface area contributed by atoms with Gasteiger partial charge in [-0.05, 0) is 32.0 Å². The van der Waals surface area contributed by atoms with Crippen molar-refractivity contribution in [3.8, 4) is 11.3 Å². The van der Waals surface area contributed by atoms with Gasteiger partial charge in [0, 0.05) is 42.8 Å². The summed E-state index contributed by atoms with van der Waals surface area (Å²) in [5, 5.41) is 4.17. The first-order valence-electron chi connectivity index (χ1n) is 8.85. The third-order valence-corrected chi connectivity index (χ3v) is 4.86. The highest BCUT2D eigenvalue weighted by Gasteiger charge is 2.19. The first-order valence-corrected chi connectivity index (χ1v) is 8.85. The molecule has 0 N–H and O–H groups in total. The molecule has 0 amide bonds. The topological polar surface area (TPSA) is 60.0 Å². The van der Waals surface area contributed by atoms with Gasteiger partial charge in [0.25, 0.3) is 0 Å². The first-order chi connectivity index (χ1) is 12.3. The van der Waals surface area contributed by atoms with Gasteiger partial charge >= 0.3 is 0 Å². The molecule has 0 aliphatic heterocycles. The number of pyridine rings is 1. The fourth-order valence-electron chi connectivity index (χ4n) is 3.61. The summed E-state index contributed by atoms with van der Waals surface area (Å²) in [4.78, 5) is 10.6. The van der Waals surface area contributed by atoms with Crippen LogP contribution in [0.5, 0.6) is 0 Å². The first kappa shape index (κ1) is 16.0. The summed E-state index contributed by atoms with van der Waals surface area (Å²) in [7, 11) is 2.10. The Morgan fingerprint density at radius 2 is 1.96 bits per heavy atom. The minimum absolute atomic E-state index is 0.620. The second-order valence-corrected chi connectivity index (χ2v) is 6.82. The van der Waals surface area contributed by atoms with Gasteiger partial charge in [0.15, 0.2) is 5.76 Å². The Kier molecular flexibility index (Phi) is 4.61. The van der Waals surface area contributed by atoms with Crippen molar-refractivity contribution in [3.63, 3.8) is 0 Å². The van der Waals surface area contributed by atoms with Crippen LogP contribution in [0.4, 0.5) is 0 Å². The lowest BCUT2D eigenvalue weighted by atomic mass is 10.2. The van der Waals surface area contributed by atoms with Crippen molar-refractivity contribution in [1.29, 1.82) is 0 Å². The molecule has 130 valence electrons. The van der Waals surface area contributed by atoms with Gasteiger partial charge in [0.05, 0.1) is 18.6 Å². The number of hydrogen-bond acceptors (Lipinski definition) is 5. The van der Waals surface area contributed by atoms with Crippen LogP contribution in [-0.4, -0.2) is 31.6 Å². The van der Waals surface area contributed by atoms with Crippen molar-refractivity contribution < 1.29 is 4.52 Å². The largest absolute Gasteiger partial charge is 0.359 e. The third-order valence-electron chi connectivity index (χ3n) is 4.86. The van der Waals surface area contributed by atoms with E-state index in [1.165, 1.54) is 31.4 Å². The summed E-state index contributed by atoms with van der Waals surface area (Å²) >= 11 is 0. The highest BCUT2D eigenvalue weighted by molar-refractivity contribution is 5.57. The van der Waals surface area contributed by atoms with E-state index in [-0.39, 0.29) is 0 Å². The van der Waals surface area contributed by atoms with E-state index in [2.05, 4.69) is 31.6 Å². The van der Waals surface area contributed by atoms with Crippen molar-refractivity contribution >= 4 is 0 Å². The van der Waals surface area contributed by atoms with Gasteiger partial charge < -0.3 is 9.09 Å². The zero-order valence-corrected chi connectivity index (χ0v) is 14.5. The van der Waals surface area contributed by atoms with Crippen LogP contribution in [0.3, 0.4) is 0 Å². The Balaban J connectivity index is 1.41. The van der Waals surface area contributed by atoms with Crippen molar-refractivity contribution in [2.24, 2.45) is 0 Å². The van der Waals surface area contributed by atoms with E-state index in [9.17, 15) is 0 Å². The SMILES string of the molecule is CN(Cc1cc(-c2ccncc2)no1)Cc1cncn1C1CCCC1. The molecule has 0 bridgehead atoms. The summed E-state index contributed by atoms with van der Waals surface area (Å²) < 4.78 is 7.86. The molecule has 0 radical (unpaired) electrons. The Hall–Kier alpha value is -2.47. The predicted octanol–water partition coefficient (Wildman–Crippen LogP) is 3.68. The van der Waals surface area contributed by atoms with Gasteiger partial charge in [0.1, 0.15) is 5.69 Å². The van der Waals surface area contributed by atoms with Gasteiger partial charge in [-0.2, -0.15) is 0 Å². The van der Waals surface area contributed by atoms with Gasteiger partial charge in [-0.25, -0.2) is 4.98 Å². The predicted molar refractivity (Wildman–Crippen MR) is 94.6 cm³/mol. The molecule has 0 atom stereocenters. The van der Waals surface area contributed by atoms with Gasteiger partial charge in [-0.3, -0.25) is 9.88 Å². The van der Waals surface area contributed by atoms with Gasteiger partial charge in [-0.1, -0.05) is 18.0 Å². The van der Waals surface area contributed by atoms with Crippen LogP contribution >= 0.6 is 0 Å². The van der Waals surface area contributed by atoms with Crippen LogP contribution in [0, 0.1) is 0 Å². The van der Waals surface area contributed by atoms with Crippen molar-refractivity contribution in [2.45, 2.75) is 44.8 Å². The van der Waals surface area contributed by atoms with E-state index in [0.717, 1.165) is 23.6 Å². The quantitative estimate of drug-likeness (QED) is 0.687. The fourth-order valence-corrected chi connectivity index (χ4v) is 3.61. The molecule has 6 nitrogen and oxygen atoms in total. The van der Waals surface area contributed by atoms with Crippen molar-refractivity contribution in [2.75, 3.05) is 7.05 Å². The molecule has 3 aromatic heterocycles. The lowest BCUT2D eigenvalue weighted by Gasteiger charge is -2.19. The molecule has 1 aliphatic rings. The van der Waals surface area contributed by atoms with Crippen molar-refractivity contribution in [1.82, 2.24) is 24.6 Å². The third kappa shape index (κ3) is 3.64. The molecule has 1 fully saturated rings. The number of hydrogen-bond donors (Lipinski definition) is 0. The zero-order chi connectivity index (χ0) is 17.1. The van der Waals surface area contributed by atoms with E-state index in [4.69, 9.17) is 4.52 Å². The lowest BCUT2D eigenvalue weighted by molar-refractivity contribution is 0.259. The zero-order valence-electron chi connectivity index (χ0n) is 14.5. The maximum Gasteiger partial charge on any atom is 0.151 e. The second-order valence-electron chi connectivity index (χ2n) is 6.82. The maximum atomic E-state index is 5.50. The molecular weight excluding hydrogens is 314 g/mol. The van der Waals surface area contributed by atoms with Gasteiger partial charge in [-0.15, -0.1) is 0 Å². The second kappa shape index (κ2) is 7.19. The molecule has 1 aliphatic carbocycles. The smallest absolute Gasteiger partial charge is 0.151 e. The Morgan fingerprint density at radius 3 is 2.76 bits per heavy atom. The number of rotatable bonds is 6. The highest BCUT2D eigenvalue weighted by atomic mass is 16.5. The van der Waals surface area contributed by atoms with Crippen LogP contribution in [-0.2, 0) is 13.1 Å². The average Bonchev–Trinajstić information content (AvgIpc) is 3.37. The minimum atomic E-state index is 0.620. The van der Waals surface area contributed by atoms with E-state index in [0.29, 0.717) is 12.6 Å². The fraction of sp³-hybridized carbons (Fsp3) is 0.421. The van der Waals surface area contributed by atoms with Crippen LogP contribution in [0.25, 0.3) is 11.3 Å². The summed E-state index contributed by atoms with van der Waals surface area (Å²) in [5.41, 5.74) is 3.14. The molecule has 6 heteroatoms. The van der Waals surface area contributed by atoms with E-state index < -0.39 is 0 Å². The molecular formula is C19H23N5O. The molecule has 3 heterocycles. The minimum Gasteiger partial charge on any atom is -0.359 e. The number of imidazole rings is 1. The lowest BCUT2D eigenvalue weighted by Crippen LogP contribution is -2.20. The van der Waals surface area contributed by atoms with Crippen molar-refractivity contribution in [3.05, 3.63) is 54.6 Å². The van der Waals surface area contributed by atoms with E-state index in [1.807, 2.05) is 30.7 Å². The maximum absolute atomic E-state index is 5.50. The molecule has 1 saturated carbocycles. The van der Waals surface area contributed by atoms with Gasteiger partial charge in [0.2, 0.25) is 0 Å². The van der Waals surface area contributed by atoms with E-state index in [1.54, 1.807) is 12.4 Å². The molecule has 0 spiro atoms. The molecule has 0 unspecified atom stereocenters. The molecule has 25 heavy (non-hydrogen) atoms. The summed E-state index contributed by atoms with van der Waals surface area (Å²) in [6.45, 7) is 1.57. The average molecular weight is 337 g/mol. The molecule has 4 rings (SSSR count). The highest BCUT2D eigenvalue weighted by Crippen LogP contribution is 2.30. The molecule has 0 saturated heterocycles. The monoisotopic (exact) mass is 337 g/mol.